The van der Waals surface area contributed by atoms with E-state index in [-0.39, 0.29) is 0 Å². The molecule has 1 N–H and O–H groups in total. The number of nitrogens with one attached hydrogen (secondary N) is 1. The Kier molecular flexibility index (Phi) is 5.59. The average Bonchev–Trinajstić information content (AvgIpc) is 2.99. The number of anilines is 3. The van der Waals surface area contributed by atoms with Crippen molar-refractivity contribution in [2.24, 2.45) is 0 Å². The lowest BCUT2D eigenvalue weighted by Crippen LogP contribution is -2.21. The normalized spacial score (nSPS) is 11.0. The highest BCUT2D eigenvalue weighted by atomic mass is 15.2. The quantitative estimate of drug-likeness (QED) is 0.596. The van der Waals surface area contributed by atoms with E-state index in [1.807, 2.05) is 6.07 Å². The number of imidazole rings is 1. The fourth-order valence-electron chi connectivity index (χ4n) is 3.19. The third kappa shape index (κ3) is 3.78. The van der Waals surface area contributed by atoms with Crippen LogP contribution >= 0.6 is 0 Å². The monoisotopic (exact) mass is 336 g/mol. The molecule has 0 atom stereocenters. The van der Waals surface area contributed by atoms with Crippen LogP contribution in [-0.2, 0) is 6.54 Å². The van der Waals surface area contributed by atoms with E-state index in [0.29, 0.717) is 0 Å². The van der Waals surface area contributed by atoms with E-state index in [0.717, 1.165) is 43.2 Å². The van der Waals surface area contributed by atoms with Gasteiger partial charge in [0.2, 0.25) is 5.95 Å². The second-order valence-electron chi connectivity index (χ2n) is 6.27. The molecule has 25 heavy (non-hydrogen) atoms. The smallest absolute Gasteiger partial charge is 0.208 e. The summed E-state index contributed by atoms with van der Waals surface area (Å²) >= 11 is 0. The Balaban J connectivity index is 1.87. The zero-order valence-corrected chi connectivity index (χ0v) is 15.5. The number of fused-ring (bicyclic) bond motifs is 1. The van der Waals surface area contributed by atoms with Gasteiger partial charge in [-0.1, -0.05) is 25.5 Å². The van der Waals surface area contributed by atoms with E-state index >= 15 is 0 Å². The van der Waals surface area contributed by atoms with E-state index < -0.39 is 0 Å². The fraction of sp³-hybridized carbons (Fsp3) is 0.381. The number of para-hydroxylation sites is 2. The van der Waals surface area contributed by atoms with Gasteiger partial charge in [0.1, 0.15) is 0 Å². The Bertz CT molecular complexity index is 800. The maximum atomic E-state index is 4.79. The highest BCUT2D eigenvalue weighted by molar-refractivity contribution is 5.79. The Hall–Kier alpha value is -2.49. The Morgan fingerprint density at radius 1 is 0.960 bits per heavy atom. The van der Waals surface area contributed by atoms with Crippen LogP contribution in [0.3, 0.4) is 0 Å². The maximum Gasteiger partial charge on any atom is 0.208 e. The molecule has 0 saturated heterocycles. The van der Waals surface area contributed by atoms with Crippen molar-refractivity contribution in [1.29, 1.82) is 0 Å². The molecule has 0 spiro atoms. The number of hydrogen-bond donors (Lipinski definition) is 1. The molecule has 0 aliphatic heterocycles. The van der Waals surface area contributed by atoms with Crippen LogP contribution in [0.2, 0.25) is 0 Å². The third-order valence-electron chi connectivity index (χ3n) is 4.64. The van der Waals surface area contributed by atoms with Gasteiger partial charge in [-0.05, 0) is 56.7 Å². The van der Waals surface area contributed by atoms with Gasteiger partial charge >= 0.3 is 0 Å². The van der Waals surface area contributed by atoms with Gasteiger partial charge in [0, 0.05) is 31.0 Å². The van der Waals surface area contributed by atoms with Crippen molar-refractivity contribution >= 4 is 28.4 Å². The maximum absolute atomic E-state index is 4.79. The summed E-state index contributed by atoms with van der Waals surface area (Å²) in [5, 5.41) is 3.51. The first kappa shape index (κ1) is 17.3. The first-order valence-electron chi connectivity index (χ1n) is 9.34. The molecule has 4 heteroatoms. The molecule has 3 rings (SSSR count). The summed E-state index contributed by atoms with van der Waals surface area (Å²) in [5.74, 6) is 0.922. The molecule has 0 amide bonds. The van der Waals surface area contributed by atoms with Crippen molar-refractivity contribution in [3.05, 3.63) is 48.5 Å². The lowest BCUT2D eigenvalue weighted by Gasteiger charge is -2.21. The molecular formula is C21H28N4. The zero-order chi connectivity index (χ0) is 17.6. The summed E-state index contributed by atoms with van der Waals surface area (Å²) in [6.07, 6.45) is 2.32. The number of nitrogens with zero attached hydrogens (tertiary/aromatic N) is 3. The van der Waals surface area contributed by atoms with Gasteiger partial charge < -0.3 is 14.8 Å². The second-order valence-corrected chi connectivity index (χ2v) is 6.27. The van der Waals surface area contributed by atoms with E-state index in [2.05, 4.69) is 78.0 Å². The lowest BCUT2D eigenvalue weighted by atomic mass is 10.2. The van der Waals surface area contributed by atoms with Gasteiger partial charge in [-0.2, -0.15) is 0 Å². The standard InChI is InChI=1S/C21H28N4/c1-4-7-16-25-20-11-9-8-10-19(20)23-21(25)22-17-12-14-18(15-13-17)24(5-2)6-3/h8-15H,4-7,16H2,1-3H3,(H,22,23). The Morgan fingerprint density at radius 3 is 2.36 bits per heavy atom. The van der Waals surface area contributed by atoms with Crippen LogP contribution in [0.25, 0.3) is 11.0 Å². The zero-order valence-electron chi connectivity index (χ0n) is 15.5. The average molecular weight is 336 g/mol. The summed E-state index contributed by atoms with van der Waals surface area (Å²) in [5.41, 5.74) is 4.57. The Morgan fingerprint density at radius 2 is 1.68 bits per heavy atom. The van der Waals surface area contributed by atoms with Crippen LogP contribution in [-0.4, -0.2) is 22.6 Å². The highest BCUT2D eigenvalue weighted by Crippen LogP contribution is 2.25. The third-order valence-corrected chi connectivity index (χ3v) is 4.64. The number of rotatable bonds is 8. The van der Waals surface area contributed by atoms with Crippen LogP contribution in [0.5, 0.6) is 0 Å². The van der Waals surface area contributed by atoms with Gasteiger partial charge in [-0.25, -0.2) is 4.98 Å². The summed E-state index contributed by atoms with van der Waals surface area (Å²) in [4.78, 5) is 7.14. The van der Waals surface area contributed by atoms with E-state index in [1.54, 1.807) is 0 Å². The van der Waals surface area contributed by atoms with Crippen molar-refractivity contribution in [2.45, 2.75) is 40.2 Å². The molecule has 1 aromatic heterocycles. The summed E-state index contributed by atoms with van der Waals surface area (Å²) in [6, 6.07) is 17.0. The number of aryl methyl sites for hydroxylation is 1. The van der Waals surface area contributed by atoms with Crippen molar-refractivity contribution in [2.75, 3.05) is 23.3 Å². The van der Waals surface area contributed by atoms with E-state index in [1.165, 1.54) is 17.6 Å². The fourth-order valence-corrected chi connectivity index (χ4v) is 3.19. The van der Waals surface area contributed by atoms with Gasteiger partial charge in [0.05, 0.1) is 11.0 Å². The number of benzene rings is 2. The van der Waals surface area contributed by atoms with Crippen LogP contribution in [0.1, 0.15) is 33.6 Å². The molecule has 1 heterocycles. The summed E-state index contributed by atoms with van der Waals surface area (Å²) in [6.45, 7) is 9.62. The summed E-state index contributed by atoms with van der Waals surface area (Å²) < 4.78 is 2.29. The minimum absolute atomic E-state index is 0.922. The number of hydrogen-bond acceptors (Lipinski definition) is 3. The molecule has 132 valence electrons. The van der Waals surface area contributed by atoms with Gasteiger partial charge in [0.25, 0.3) is 0 Å². The van der Waals surface area contributed by atoms with Crippen LogP contribution in [0.15, 0.2) is 48.5 Å². The molecule has 0 aliphatic carbocycles. The highest BCUT2D eigenvalue weighted by Gasteiger charge is 2.10. The molecule has 0 fully saturated rings. The SMILES string of the molecule is CCCCn1c(Nc2ccc(N(CC)CC)cc2)nc2ccccc21. The minimum atomic E-state index is 0.922. The molecule has 0 saturated carbocycles. The van der Waals surface area contributed by atoms with Crippen molar-refractivity contribution in [3.63, 3.8) is 0 Å². The predicted molar refractivity (Wildman–Crippen MR) is 108 cm³/mol. The second kappa shape index (κ2) is 8.06. The lowest BCUT2D eigenvalue weighted by molar-refractivity contribution is 0.652. The molecular weight excluding hydrogens is 308 g/mol. The van der Waals surface area contributed by atoms with Crippen LogP contribution in [0, 0.1) is 0 Å². The van der Waals surface area contributed by atoms with Gasteiger partial charge in [0.15, 0.2) is 0 Å². The van der Waals surface area contributed by atoms with E-state index in [9.17, 15) is 0 Å². The molecule has 0 aliphatic rings. The molecule has 4 nitrogen and oxygen atoms in total. The van der Waals surface area contributed by atoms with Crippen LogP contribution in [0.4, 0.5) is 17.3 Å². The van der Waals surface area contributed by atoms with Gasteiger partial charge in [-0.15, -0.1) is 0 Å². The van der Waals surface area contributed by atoms with Crippen molar-refractivity contribution in [1.82, 2.24) is 9.55 Å². The topological polar surface area (TPSA) is 33.1 Å². The van der Waals surface area contributed by atoms with Crippen molar-refractivity contribution in [3.8, 4) is 0 Å². The van der Waals surface area contributed by atoms with Crippen LogP contribution < -0.4 is 10.2 Å². The largest absolute Gasteiger partial charge is 0.372 e. The molecule has 0 radical (unpaired) electrons. The van der Waals surface area contributed by atoms with Crippen molar-refractivity contribution < 1.29 is 0 Å². The molecule has 2 aromatic carbocycles. The molecule has 3 aromatic rings. The van der Waals surface area contributed by atoms with E-state index in [4.69, 9.17) is 4.98 Å². The molecule has 0 bridgehead atoms. The minimum Gasteiger partial charge on any atom is -0.372 e. The predicted octanol–water partition coefficient (Wildman–Crippen LogP) is 5.43. The molecule has 0 unspecified atom stereocenters. The number of unbranched alkanes of at least 4 members (excludes halogenated alkanes) is 1. The summed E-state index contributed by atoms with van der Waals surface area (Å²) in [7, 11) is 0. The van der Waals surface area contributed by atoms with Gasteiger partial charge in [-0.3, -0.25) is 0 Å². The number of aromatic nitrogens is 2. The first-order valence-corrected chi connectivity index (χ1v) is 9.34. The first-order chi connectivity index (χ1) is 12.3. The Labute approximate surface area is 150 Å².